The lowest BCUT2D eigenvalue weighted by Gasteiger charge is -2.04. The molecular weight excluding hydrogens is 174 g/mol. The van der Waals surface area contributed by atoms with Gasteiger partial charge < -0.3 is 10.5 Å². The molecule has 0 amide bonds. The van der Waals surface area contributed by atoms with Gasteiger partial charge in [-0.15, -0.1) is 11.3 Å². The van der Waals surface area contributed by atoms with Gasteiger partial charge in [-0.25, -0.2) is 4.79 Å². The van der Waals surface area contributed by atoms with Gasteiger partial charge in [0.1, 0.15) is 4.88 Å². The van der Waals surface area contributed by atoms with Crippen molar-refractivity contribution in [2.75, 3.05) is 5.73 Å². The average molecular weight is 185 g/mol. The molecule has 4 heteroatoms. The number of hydrogen-bond acceptors (Lipinski definition) is 4. The molecule has 0 aliphatic carbocycles. The van der Waals surface area contributed by atoms with E-state index in [0.717, 1.165) is 0 Å². The predicted molar refractivity (Wildman–Crippen MR) is 49.3 cm³/mol. The molecule has 2 N–H and O–H groups in total. The van der Waals surface area contributed by atoms with Crippen LogP contribution in [0.5, 0.6) is 0 Å². The number of rotatable bonds is 2. The van der Waals surface area contributed by atoms with Crippen LogP contribution in [0.15, 0.2) is 11.4 Å². The number of hydrogen-bond donors (Lipinski definition) is 1. The Bertz CT molecular complexity index is 280. The minimum absolute atomic E-state index is 0.0826. The summed E-state index contributed by atoms with van der Waals surface area (Å²) in [5.41, 5.74) is 6.06. The van der Waals surface area contributed by atoms with Crippen LogP contribution in [0.2, 0.25) is 0 Å². The Morgan fingerprint density at radius 3 is 2.75 bits per heavy atom. The van der Waals surface area contributed by atoms with Gasteiger partial charge in [0.25, 0.3) is 0 Å². The molecule has 12 heavy (non-hydrogen) atoms. The minimum atomic E-state index is -0.299. The number of nitrogen functional groups attached to an aromatic ring is 1. The van der Waals surface area contributed by atoms with Crippen LogP contribution in [0.4, 0.5) is 5.69 Å². The number of carbonyl (C=O) groups excluding carboxylic acids is 1. The highest BCUT2D eigenvalue weighted by atomic mass is 32.1. The first-order valence-corrected chi connectivity index (χ1v) is 4.52. The molecule has 1 aromatic heterocycles. The fourth-order valence-corrected chi connectivity index (χ4v) is 1.41. The fraction of sp³-hybridized carbons (Fsp3) is 0.375. The molecule has 0 aromatic carbocycles. The van der Waals surface area contributed by atoms with Crippen molar-refractivity contribution in [3.05, 3.63) is 16.3 Å². The predicted octanol–water partition coefficient (Wildman–Crippen LogP) is 1.90. The maximum Gasteiger partial charge on any atom is 0.348 e. The number of anilines is 1. The molecule has 1 rings (SSSR count). The van der Waals surface area contributed by atoms with Gasteiger partial charge in [-0.05, 0) is 19.9 Å². The third kappa shape index (κ3) is 2.23. The zero-order chi connectivity index (χ0) is 9.14. The summed E-state index contributed by atoms with van der Waals surface area (Å²) in [4.78, 5) is 11.8. The van der Waals surface area contributed by atoms with Crippen LogP contribution in [0, 0.1) is 0 Å². The first-order valence-electron chi connectivity index (χ1n) is 3.64. The van der Waals surface area contributed by atoms with Crippen molar-refractivity contribution in [3.8, 4) is 0 Å². The smallest absolute Gasteiger partial charge is 0.348 e. The highest BCUT2D eigenvalue weighted by molar-refractivity contribution is 7.12. The standard InChI is InChI=1S/C8H11NO2S/c1-5(2)11-8(10)7-3-6(9)4-12-7/h3-5H,9H2,1-2H3. The van der Waals surface area contributed by atoms with Crippen molar-refractivity contribution in [1.29, 1.82) is 0 Å². The molecule has 1 heterocycles. The molecule has 0 radical (unpaired) electrons. The number of carbonyl (C=O) groups is 1. The van der Waals surface area contributed by atoms with Crippen molar-refractivity contribution in [3.63, 3.8) is 0 Å². The highest BCUT2D eigenvalue weighted by Gasteiger charge is 2.10. The molecular formula is C8H11NO2S. The van der Waals surface area contributed by atoms with Crippen molar-refractivity contribution >= 4 is 23.0 Å². The lowest BCUT2D eigenvalue weighted by Crippen LogP contribution is -2.09. The van der Waals surface area contributed by atoms with Crippen LogP contribution in [0.3, 0.4) is 0 Å². The quantitative estimate of drug-likeness (QED) is 0.716. The summed E-state index contributed by atoms with van der Waals surface area (Å²) in [6.45, 7) is 3.63. The van der Waals surface area contributed by atoms with Crippen LogP contribution in [-0.2, 0) is 4.74 Å². The summed E-state index contributed by atoms with van der Waals surface area (Å²) in [5, 5.41) is 1.72. The molecule has 0 aliphatic rings. The summed E-state index contributed by atoms with van der Waals surface area (Å²) in [5.74, 6) is -0.299. The Labute approximate surface area is 75.1 Å². The highest BCUT2D eigenvalue weighted by Crippen LogP contribution is 2.17. The maximum atomic E-state index is 11.2. The lowest BCUT2D eigenvalue weighted by molar-refractivity contribution is 0.0384. The molecule has 66 valence electrons. The summed E-state index contributed by atoms with van der Waals surface area (Å²) >= 11 is 1.30. The molecule has 0 bridgehead atoms. The molecule has 1 aromatic rings. The Balaban J connectivity index is 2.65. The molecule has 0 saturated carbocycles. The van der Waals surface area contributed by atoms with Gasteiger partial charge in [0.05, 0.1) is 6.10 Å². The van der Waals surface area contributed by atoms with Gasteiger partial charge >= 0.3 is 5.97 Å². The van der Waals surface area contributed by atoms with Crippen LogP contribution in [0.25, 0.3) is 0 Å². The monoisotopic (exact) mass is 185 g/mol. The van der Waals surface area contributed by atoms with Crippen LogP contribution < -0.4 is 5.73 Å². The summed E-state index contributed by atoms with van der Waals surface area (Å²) in [7, 11) is 0. The molecule has 0 fully saturated rings. The van der Waals surface area contributed by atoms with E-state index in [-0.39, 0.29) is 12.1 Å². The molecule has 3 nitrogen and oxygen atoms in total. The molecule has 0 unspecified atom stereocenters. The van der Waals surface area contributed by atoms with Gasteiger partial charge in [-0.1, -0.05) is 0 Å². The zero-order valence-electron chi connectivity index (χ0n) is 7.03. The van der Waals surface area contributed by atoms with E-state index in [1.54, 1.807) is 11.4 Å². The van der Waals surface area contributed by atoms with E-state index in [2.05, 4.69) is 0 Å². The van der Waals surface area contributed by atoms with E-state index >= 15 is 0 Å². The Hall–Kier alpha value is -1.03. The van der Waals surface area contributed by atoms with E-state index in [9.17, 15) is 4.79 Å². The van der Waals surface area contributed by atoms with Gasteiger partial charge in [0.15, 0.2) is 0 Å². The fourth-order valence-electron chi connectivity index (χ4n) is 0.730. The van der Waals surface area contributed by atoms with Gasteiger partial charge in [0, 0.05) is 11.1 Å². The number of esters is 1. The summed E-state index contributed by atoms with van der Waals surface area (Å²) in [6.07, 6.45) is -0.0826. The lowest BCUT2D eigenvalue weighted by atomic mass is 10.4. The van der Waals surface area contributed by atoms with E-state index in [0.29, 0.717) is 10.6 Å². The summed E-state index contributed by atoms with van der Waals surface area (Å²) < 4.78 is 4.97. The number of thiophene rings is 1. The first kappa shape index (κ1) is 9.06. The molecule has 0 spiro atoms. The first-order chi connectivity index (χ1) is 5.59. The van der Waals surface area contributed by atoms with E-state index in [4.69, 9.17) is 10.5 Å². The Morgan fingerprint density at radius 1 is 1.67 bits per heavy atom. The van der Waals surface area contributed by atoms with Crippen LogP contribution >= 0.6 is 11.3 Å². The van der Waals surface area contributed by atoms with Crippen molar-refractivity contribution in [2.24, 2.45) is 0 Å². The normalized spacial score (nSPS) is 10.2. The van der Waals surface area contributed by atoms with E-state index < -0.39 is 0 Å². The SMILES string of the molecule is CC(C)OC(=O)c1cc(N)cs1. The third-order valence-electron chi connectivity index (χ3n) is 1.16. The zero-order valence-corrected chi connectivity index (χ0v) is 7.85. The minimum Gasteiger partial charge on any atom is -0.459 e. The van der Waals surface area contributed by atoms with Gasteiger partial charge in [-0.2, -0.15) is 0 Å². The van der Waals surface area contributed by atoms with E-state index in [1.807, 2.05) is 13.8 Å². The number of nitrogens with two attached hydrogens (primary N) is 1. The largest absolute Gasteiger partial charge is 0.459 e. The van der Waals surface area contributed by atoms with Crippen molar-refractivity contribution in [2.45, 2.75) is 20.0 Å². The van der Waals surface area contributed by atoms with Crippen molar-refractivity contribution in [1.82, 2.24) is 0 Å². The Kier molecular flexibility index (Phi) is 2.70. The molecule has 0 atom stereocenters. The second-order valence-electron chi connectivity index (χ2n) is 2.70. The summed E-state index contributed by atoms with van der Waals surface area (Å²) in [6, 6.07) is 1.62. The maximum absolute atomic E-state index is 11.2. The molecule has 0 saturated heterocycles. The third-order valence-corrected chi connectivity index (χ3v) is 2.09. The van der Waals surface area contributed by atoms with Crippen LogP contribution in [0.1, 0.15) is 23.5 Å². The van der Waals surface area contributed by atoms with Gasteiger partial charge in [-0.3, -0.25) is 0 Å². The van der Waals surface area contributed by atoms with E-state index in [1.165, 1.54) is 11.3 Å². The van der Waals surface area contributed by atoms with Crippen LogP contribution in [-0.4, -0.2) is 12.1 Å². The Morgan fingerprint density at radius 2 is 2.33 bits per heavy atom. The second-order valence-corrected chi connectivity index (χ2v) is 3.61. The molecule has 0 aliphatic heterocycles. The number of ether oxygens (including phenoxy) is 1. The average Bonchev–Trinajstić information content (AvgIpc) is 2.34. The van der Waals surface area contributed by atoms with Gasteiger partial charge in [0.2, 0.25) is 0 Å². The second kappa shape index (κ2) is 3.58. The topological polar surface area (TPSA) is 52.3 Å². The van der Waals surface area contributed by atoms with Crippen molar-refractivity contribution < 1.29 is 9.53 Å².